The van der Waals surface area contributed by atoms with E-state index in [2.05, 4.69) is 61.5 Å². The van der Waals surface area contributed by atoms with Crippen LogP contribution in [-0.2, 0) is 9.47 Å². The molecule has 45 heavy (non-hydrogen) atoms. The molecule has 260 valence electrons. The van der Waals surface area contributed by atoms with Crippen LogP contribution in [0, 0.1) is 50.7 Å². The predicted molar refractivity (Wildman–Crippen MR) is 173 cm³/mol. The maximum atomic E-state index is 12.3. The standard InChI is InChI=1S/C37H64O8/c1-21(2)10-9-14-34(5,20-44-32-31(43)30(42)29(41)24(19-38)45-32)22-11-16-37(8)28(22)23(39)18-26-35(6)15-13-27(40)33(3,4)25(35)12-17-36(26,37)7/h10,22-32,38-43H,9,11-20H2,1-8H3/t22-,23+,24?,25?,26?,27-,28?,29+,30+,31?,32+,34+,35-,36+,37+/m0/s1. The predicted octanol–water partition coefficient (Wildman–Crippen LogP) is 4.57. The number of aliphatic hydroxyl groups excluding tert-OH is 6. The van der Waals surface area contributed by atoms with E-state index in [-0.39, 0.29) is 51.6 Å². The lowest BCUT2D eigenvalue weighted by atomic mass is 9.35. The van der Waals surface area contributed by atoms with Gasteiger partial charge in [0.15, 0.2) is 6.29 Å². The molecular weight excluding hydrogens is 572 g/mol. The van der Waals surface area contributed by atoms with Crippen LogP contribution in [0.3, 0.4) is 0 Å². The number of ether oxygens (including phenoxy) is 2. The molecular formula is C37H64O8. The Bertz CT molecular complexity index is 1090. The Kier molecular flexibility index (Phi) is 9.83. The van der Waals surface area contributed by atoms with Gasteiger partial charge in [-0.1, -0.05) is 53.2 Å². The summed E-state index contributed by atoms with van der Waals surface area (Å²) < 4.78 is 12.0. The molecule has 0 radical (unpaired) electrons. The Labute approximate surface area is 271 Å². The van der Waals surface area contributed by atoms with Crippen molar-refractivity contribution in [3.8, 4) is 0 Å². The number of fused-ring (bicyclic) bond motifs is 5. The average molecular weight is 637 g/mol. The largest absolute Gasteiger partial charge is 0.394 e. The normalized spacial score (nSPS) is 50.6. The summed E-state index contributed by atoms with van der Waals surface area (Å²) in [6.45, 7) is 18.2. The summed E-state index contributed by atoms with van der Waals surface area (Å²) >= 11 is 0. The van der Waals surface area contributed by atoms with Crippen molar-refractivity contribution in [2.75, 3.05) is 13.2 Å². The molecule has 0 bridgehead atoms. The fourth-order valence-electron chi connectivity index (χ4n) is 12.1. The monoisotopic (exact) mass is 636 g/mol. The number of aliphatic hydroxyl groups is 6. The van der Waals surface area contributed by atoms with E-state index in [0.717, 1.165) is 57.8 Å². The minimum absolute atomic E-state index is 0.0604. The number of allylic oxidation sites excluding steroid dienone is 2. The molecule has 0 amide bonds. The minimum Gasteiger partial charge on any atom is -0.394 e. The van der Waals surface area contributed by atoms with Crippen LogP contribution in [-0.4, -0.2) is 86.8 Å². The fraction of sp³-hybridized carbons (Fsp3) is 0.946. The van der Waals surface area contributed by atoms with Crippen molar-refractivity contribution >= 4 is 0 Å². The van der Waals surface area contributed by atoms with E-state index >= 15 is 0 Å². The summed E-state index contributed by atoms with van der Waals surface area (Å²) in [5.74, 6) is 1.09. The van der Waals surface area contributed by atoms with Gasteiger partial charge in [0.2, 0.25) is 0 Å². The molecule has 0 aromatic heterocycles. The van der Waals surface area contributed by atoms with Crippen molar-refractivity contribution < 1.29 is 40.1 Å². The van der Waals surface area contributed by atoms with Gasteiger partial charge in [-0.2, -0.15) is 0 Å². The first kappa shape index (κ1) is 35.7. The van der Waals surface area contributed by atoms with Gasteiger partial charge in [-0.05, 0) is 122 Å². The SMILES string of the molecule is CC(C)=CCC[C@](C)(CO[C@@H]1OC(CO)[C@@H](O)[C@@H](O)C1O)[C@H]1CC[C@]2(C)C1[C@H](O)CC1[C@@]3(C)CC[C@H](O)C(C)(C)C3CC[C@]12C. The summed E-state index contributed by atoms with van der Waals surface area (Å²) in [5, 5.41) is 64.4. The molecule has 6 N–H and O–H groups in total. The van der Waals surface area contributed by atoms with Crippen LogP contribution in [0.15, 0.2) is 11.6 Å². The molecule has 4 saturated carbocycles. The fourth-order valence-corrected chi connectivity index (χ4v) is 12.1. The van der Waals surface area contributed by atoms with Crippen LogP contribution < -0.4 is 0 Å². The summed E-state index contributed by atoms with van der Waals surface area (Å²) in [6, 6.07) is 0. The van der Waals surface area contributed by atoms with E-state index in [0.29, 0.717) is 11.8 Å². The van der Waals surface area contributed by atoms with Crippen LogP contribution in [0.1, 0.15) is 113 Å². The molecule has 0 aromatic rings. The molecule has 15 atom stereocenters. The molecule has 1 saturated heterocycles. The second-order valence-electron chi connectivity index (χ2n) is 17.8. The highest BCUT2D eigenvalue weighted by atomic mass is 16.7. The summed E-state index contributed by atoms with van der Waals surface area (Å²) in [5.41, 5.74) is 0.836. The Balaban J connectivity index is 1.44. The van der Waals surface area contributed by atoms with E-state index in [1.54, 1.807) is 0 Å². The van der Waals surface area contributed by atoms with E-state index in [1.165, 1.54) is 5.57 Å². The maximum absolute atomic E-state index is 12.3. The van der Waals surface area contributed by atoms with Crippen LogP contribution in [0.25, 0.3) is 0 Å². The molecule has 0 spiro atoms. The van der Waals surface area contributed by atoms with Gasteiger partial charge in [0, 0.05) is 0 Å². The third-order valence-corrected chi connectivity index (χ3v) is 15.0. The van der Waals surface area contributed by atoms with E-state index in [4.69, 9.17) is 9.47 Å². The zero-order valence-electron chi connectivity index (χ0n) is 29.2. The lowest BCUT2D eigenvalue weighted by molar-refractivity contribution is -0.308. The number of hydrogen-bond donors (Lipinski definition) is 6. The van der Waals surface area contributed by atoms with Crippen LogP contribution in [0.4, 0.5) is 0 Å². The molecule has 1 heterocycles. The number of hydrogen-bond acceptors (Lipinski definition) is 8. The van der Waals surface area contributed by atoms with E-state index in [9.17, 15) is 30.6 Å². The second kappa shape index (κ2) is 12.4. The third kappa shape index (κ3) is 5.59. The Morgan fingerprint density at radius 1 is 0.867 bits per heavy atom. The summed E-state index contributed by atoms with van der Waals surface area (Å²) in [4.78, 5) is 0. The van der Waals surface area contributed by atoms with Crippen molar-refractivity contribution in [1.29, 1.82) is 0 Å². The highest BCUT2D eigenvalue weighted by Gasteiger charge is 2.71. The average Bonchev–Trinajstić information content (AvgIpc) is 3.35. The highest BCUT2D eigenvalue weighted by molar-refractivity contribution is 5.20. The van der Waals surface area contributed by atoms with Crippen molar-refractivity contribution in [3.63, 3.8) is 0 Å². The first-order chi connectivity index (χ1) is 20.9. The molecule has 5 rings (SSSR count). The lowest BCUT2D eigenvalue weighted by Gasteiger charge is -2.70. The summed E-state index contributed by atoms with van der Waals surface area (Å²) in [7, 11) is 0. The lowest BCUT2D eigenvalue weighted by Crippen LogP contribution is -2.66. The molecule has 5 unspecified atom stereocenters. The van der Waals surface area contributed by atoms with Gasteiger partial charge < -0.3 is 40.1 Å². The van der Waals surface area contributed by atoms with Gasteiger partial charge in [0.1, 0.15) is 24.4 Å². The van der Waals surface area contributed by atoms with Crippen molar-refractivity contribution in [2.45, 2.75) is 156 Å². The van der Waals surface area contributed by atoms with E-state index in [1.807, 2.05) is 0 Å². The minimum atomic E-state index is -1.48. The van der Waals surface area contributed by atoms with Gasteiger partial charge in [-0.15, -0.1) is 0 Å². The van der Waals surface area contributed by atoms with Crippen LogP contribution >= 0.6 is 0 Å². The highest BCUT2D eigenvalue weighted by Crippen LogP contribution is 2.76. The molecule has 5 fully saturated rings. The molecule has 8 heteroatoms. The second-order valence-corrected chi connectivity index (χ2v) is 17.8. The maximum Gasteiger partial charge on any atom is 0.186 e. The molecule has 1 aliphatic heterocycles. The quantitative estimate of drug-likeness (QED) is 0.213. The van der Waals surface area contributed by atoms with E-state index < -0.39 is 43.4 Å². The third-order valence-electron chi connectivity index (χ3n) is 15.0. The molecule has 4 aliphatic carbocycles. The van der Waals surface area contributed by atoms with Crippen molar-refractivity contribution in [3.05, 3.63) is 11.6 Å². The van der Waals surface area contributed by atoms with Gasteiger partial charge in [0.25, 0.3) is 0 Å². The number of rotatable bonds is 8. The molecule has 8 nitrogen and oxygen atoms in total. The van der Waals surface area contributed by atoms with Gasteiger partial charge in [-0.3, -0.25) is 0 Å². The van der Waals surface area contributed by atoms with Gasteiger partial charge in [-0.25, -0.2) is 0 Å². The Morgan fingerprint density at radius 2 is 1.53 bits per heavy atom. The van der Waals surface area contributed by atoms with Crippen molar-refractivity contribution in [2.24, 2.45) is 50.7 Å². The van der Waals surface area contributed by atoms with Gasteiger partial charge >= 0.3 is 0 Å². The first-order valence-corrected chi connectivity index (χ1v) is 17.8. The van der Waals surface area contributed by atoms with Gasteiger partial charge in [0.05, 0.1) is 25.4 Å². The summed E-state index contributed by atoms with van der Waals surface area (Å²) in [6.07, 6.45) is 3.54. The molecule has 5 aliphatic rings. The zero-order valence-corrected chi connectivity index (χ0v) is 29.2. The smallest absolute Gasteiger partial charge is 0.186 e. The topological polar surface area (TPSA) is 140 Å². The van der Waals surface area contributed by atoms with Crippen LogP contribution in [0.5, 0.6) is 0 Å². The molecule has 0 aromatic carbocycles. The zero-order chi connectivity index (χ0) is 33.3. The van der Waals surface area contributed by atoms with Crippen molar-refractivity contribution in [1.82, 2.24) is 0 Å². The first-order valence-electron chi connectivity index (χ1n) is 17.8. The van der Waals surface area contributed by atoms with Crippen LogP contribution in [0.2, 0.25) is 0 Å². The Hall–Kier alpha value is -0.580. The Morgan fingerprint density at radius 3 is 2.18 bits per heavy atom.